The summed E-state index contributed by atoms with van der Waals surface area (Å²) in [6.07, 6.45) is 2.10. The lowest BCUT2D eigenvalue weighted by Gasteiger charge is -2.33. The normalized spacial score (nSPS) is 14.9. The van der Waals surface area contributed by atoms with Crippen LogP contribution in [-0.2, 0) is 17.6 Å². The number of benzene rings is 1. The fourth-order valence-electron chi connectivity index (χ4n) is 2.95. The third-order valence-corrected chi connectivity index (χ3v) is 4.53. The Bertz CT molecular complexity index is 690. The van der Waals surface area contributed by atoms with E-state index >= 15 is 0 Å². The van der Waals surface area contributed by atoms with E-state index < -0.39 is 0 Å². The third-order valence-electron chi connectivity index (χ3n) is 4.53. The van der Waals surface area contributed by atoms with E-state index in [9.17, 15) is 4.79 Å². The van der Waals surface area contributed by atoms with Crippen molar-refractivity contribution in [1.29, 1.82) is 0 Å². The van der Waals surface area contributed by atoms with E-state index in [1.165, 1.54) is 11.1 Å². The van der Waals surface area contributed by atoms with E-state index in [4.69, 9.17) is 4.42 Å². The van der Waals surface area contributed by atoms with Gasteiger partial charge in [-0.3, -0.25) is 4.79 Å². The van der Waals surface area contributed by atoms with Crippen molar-refractivity contribution < 1.29 is 9.21 Å². The van der Waals surface area contributed by atoms with Gasteiger partial charge in [0.05, 0.1) is 0 Å². The zero-order chi connectivity index (χ0) is 16.9. The summed E-state index contributed by atoms with van der Waals surface area (Å²) in [5.74, 6) is 0.874. The van der Waals surface area contributed by atoms with Crippen LogP contribution in [0.4, 0.5) is 6.01 Å². The molecular weight excluding hydrogens is 304 g/mol. The molecular formula is C18H24N4O2. The Hall–Kier alpha value is -2.37. The zero-order valence-corrected chi connectivity index (χ0v) is 14.4. The van der Waals surface area contributed by atoms with E-state index in [1.54, 1.807) is 0 Å². The van der Waals surface area contributed by atoms with E-state index in [0.717, 1.165) is 25.9 Å². The van der Waals surface area contributed by atoms with Crippen LogP contribution in [0.15, 0.2) is 28.7 Å². The van der Waals surface area contributed by atoms with Gasteiger partial charge in [-0.15, -0.1) is 5.10 Å². The molecule has 1 aromatic heterocycles. The maximum atomic E-state index is 12.4. The average molecular weight is 328 g/mol. The van der Waals surface area contributed by atoms with E-state index in [-0.39, 0.29) is 5.91 Å². The van der Waals surface area contributed by atoms with Crippen LogP contribution in [0.5, 0.6) is 0 Å². The highest BCUT2D eigenvalue weighted by molar-refractivity contribution is 5.76. The van der Waals surface area contributed by atoms with E-state index in [0.29, 0.717) is 31.4 Å². The molecule has 24 heavy (non-hydrogen) atoms. The topological polar surface area (TPSA) is 62.5 Å². The number of nitrogens with zero attached hydrogens (tertiary/aromatic N) is 4. The quantitative estimate of drug-likeness (QED) is 0.842. The summed E-state index contributed by atoms with van der Waals surface area (Å²) >= 11 is 0. The Morgan fingerprint density at radius 2 is 1.92 bits per heavy atom. The second kappa shape index (κ2) is 7.47. The molecule has 1 fully saturated rings. The predicted molar refractivity (Wildman–Crippen MR) is 92.0 cm³/mol. The summed E-state index contributed by atoms with van der Waals surface area (Å²) in [5.41, 5.74) is 2.50. The summed E-state index contributed by atoms with van der Waals surface area (Å²) in [5, 5.41) is 8.07. The van der Waals surface area contributed by atoms with E-state index in [1.807, 2.05) is 24.0 Å². The van der Waals surface area contributed by atoms with Crippen molar-refractivity contribution in [2.45, 2.75) is 33.1 Å². The number of amides is 1. The van der Waals surface area contributed by atoms with Crippen LogP contribution in [0, 0.1) is 6.92 Å². The minimum atomic E-state index is 0.220. The fraction of sp³-hybridized carbons (Fsp3) is 0.500. The summed E-state index contributed by atoms with van der Waals surface area (Å²) in [6.45, 7) is 6.96. The Morgan fingerprint density at radius 1 is 1.17 bits per heavy atom. The summed E-state index contributed by atoms with van der Waals surface area (Å²) in [6, 6.07) is 8.82. The lowest BCUT2D eigenvalue weighted by atomic mass is 10.0. The first-order valence-corrected chi connectivity index (χ1v) is 8.57. The molecule has 1 saturated heterocycles. The standard InChI is InChI=1S/C18H24N4O2/c1-3-16-19-20-18(24-16)22-12-10-21(11-13-22)17(23)9-8-15-7-5-4-6-14(15)2/h4-7H,3,8-13H2,1-2H3. The van der Waals surface area contributed by atoms with Gasteiger partial charge >= 0.3 is 6.01 Å². The minimum Gasteiger partial charge on any atom is -0.408 e. The van der Waals surface area contributed by atoms with Crippen LogP contribution in [0.3, 0.4) is 0 Å². The van der Waals surface area contributed by atoms with Gasteiger partial charge in [0.2, 0.25) is 11.8 Å². The highest BCUT2D eigenvalue weighted by Gasteiger charge is 2.23. The second-order valence-corrected chi connectivity index (χ2v) is 6.13. The zero-order valence-electron chi connectivity index (χ0n) is 14.4. The largest absolute Gasteiger partial charge is 0.408 e. The van der Waals surface area contributed by atoms with E-state index in [2.05, 4.69) is 34.2 Å². The van der Waals surface area contributed by atoms with Gasteiger partial charge in [-0.2, -0.15) is 0 Å². The summed E-state index contributed by atoms with van der Waals surface area (Å²) in [7, 11) is 0. The molecule has 0 aliphatic carbocycles. The summed E-state index contributed by atoms with van der Waals surface area (Å²) < 4.78 is 5.59. The molecule has 0 N–H and O–H groups in total. The molecule has 0 atom stereocenters. The van der Waals surface area contributed by atoms with Gasteiger partial charge in [-0.1, -0.05) is 36.3 Å². The van der Waals surface area contributed by atoms with Crippen molar-refractivity contribution in [3.05, 3.63) is 41.3 Å². The van der Waals surface area contributed by atoms with Gasteiger partial charge in [0.1, 0.15) is 0 Å². The SMILES string of the molecule is CCc1nnc(N2CCN(C(=O)CCc3ccccc3C)CC2)o1. The highest BCUT2D eigenvalue weighted by atomic mass is 16.4. The molecule has 6 nitrogen and oxygen atoms in total. The molecule has 128 valence electrons. The van der Waals surface area contributed by atoms with Crippen molar-refractivity contribution in [2.75, 3.05) is 31.1 Å². The summed E-state index contributed by atoms with van der Waals surface area (Å²) in [4.78, 5) is 16.4. The smallest absolute Gasteiger partial charge is 0.318 e. The number of rotatable bonds is 5. The highest BCUT2D eigenvalue weighted by Crippen LogP contribution is 2.16. The number of hydrogen-bond acceptors (Lipinski definition) is 5. The second-order valence-electron chi connectivity index (χ2n) is 6.13. The maximum Gasteiger partial charge on any atom is 0.318 e. The Kier molecular flexibility index (Phi) is 5.13. The molecule has 0 saturated carbocycles. The van der Waals surface area contributed by atoms with Gasteiger partial charge < -0.3 is 14.2 Å². The minimum absolute atomic E-state index is 0.220. The van der Waals surface area contributed by atoms with Crippen LogP contribution in [-0.4, -0.2) is 47.2 Å². The Labute approximate surface area is 142 Å². The van der Waals surface area contributed by atoms with Crippen molar-refractivity contribution in [2.24, 2.45) is 0 Å². The number of anilines is 1. The number of aromatic nitrogens is 2. The molecule has 1 amide bonds. The number of carbonyl (C=O) groups excluding carboxylic acids is 1. The molecule has 1 aromatic carbocycles. The average Bonchev–Trinajstić information content (AvgIpc) is 3.10. The molecule has 0 unspecified atom stereocenters. The number of carbonyl (C=O) groups is 1. The molecule has 2 heterocycles. The molecule has 1 aliphatic rings. The van der Waals surface area contributed by atoms with Gasteiger partial charge in [-0.25, -0.2) is 0 Å². The van der Waals surface area contributed by atoms with Crippen LogP contribution >= 0.6 is 0 Å². The van der Waals surface area contributed by atoms with Gasteiger partial charge in [-0.05, 0) is 24.5 Å². The van der Waals surface area contributed by atoms with Crippen molar-refractivity contribution in [1.82, 2.24) is 15.1 Å². The first-order valence-electron chi connectivity index (χ1n) is 8.57. The van der Waals surface area contributed by atoms with Gasteiger partial charge in [0.15, 0.2) is 0 Å². The predicted octanol–water partition coefficient (Wildman–Crippen LogP) is 2.22. The van der Waals surface area contributed by atoms with Crippen LogP contribution in [0.1, 0.15) is 30.4 Å². The van der Waals surface area contributed by atoms with Gasteiger partial charge in [0, 0.05) is 39.0 Å². The first kappa shape index (κ1) is 16.5. The molecule has 3 rings (SSSR count). The molecule has 2 aromatic rings. The van der Waals surface area contributed by atoms with Crippen LogP contribution < -0.4 is 4.90 Å². The van der Waals surface area contributed by atoms with Crippen LogP contribution in [0.25, 0.3) is 0 Å². The number of hydrogen-bond donors (Lipinski definition) is 0. The van der Waals surface area contributed by atoms with Crippen molar-refractivity contribution >= 4 is 11.9 Å². The Balaban J connectivity index is 1.49. The monoisotopic (exact) mass is 328 g/mol. The molecule has 1 aliphatic heterocycles. The molecule has 0 radical (unpaired) electrons. The lowest BCUT2D eigenvalue weighted by molar-refractivity contribution is -0.131. The lowest BCUT2D eigenvalue weighted by Crippen LogP contribution is -2.49. The number of piperazine rings is 1. The molecule has 0 bridgehead atoms. The van der Waals surface area contributed by atoms with Gasteiger partial charge in [0.25, 0.3) is 0 Å². The van der Waals surface area contributed by atoms with Crippen molar-refractivity contribution in [3.8, 4) is 0 Å². The fourth-order valence-corrected chi connectivity index (χ4v) is 2.95. The third kappa shape index (κ3) is 3.75. The maximum absolute atomic E-state index is 12.4. The van der Waals surface area contributed by atoms with Crippen LogP contribution in [0.2, 0.25) is 0 Å². The Morgan fingerprint density at radius 3 is 2.58 bits per heavy atom. The molecule has 0 spiro atoms. The first-order chi connectivity index (χ1) is 11.7. The van der Waals surface area contributed by atoms with Crippen molar-refractivity contribution in [3.63, 3.8) is 0 Å². The number of aryl methyl sites for hydroxylation is 3. The molecule has 6 heteroatoms.